The number of likely N-dealkylation sites (N-methyl/N-ethyl adjacent to an activating group) is 1. The Hall–Kier alpha value is -3.95. The number of aromatic nitrogens is 2. The van der Waals surface area contributed by atoms with E-state index in [-0.39, 0.29) is 11.9 Å². The van der Waals surface area contributed by atoms with E-state index in [1.165, 1.54) is 18.0 Å². The molecule has 0 aliphatic carbocycles. The molecule has 2 saturated heterocycles. The number of carbonyl (C=O) groups excluding carboxylic acids is 1. The van der Waals surface area contributed by atoms with Crippen LogP contribution in [0.25, 0.3) is 0 Å². The van der Waals surface area contributed by atoms with Gasteiger partial charge in [0.15, 0.2) is 5.82 Å². The average Bonchev–Trinajstić information content (AvgIpc) is 3.40. The molecule has 2 N–H and O–H groups in total. The fraction of sp³-hybridized carbons (Fsp3) is 0.296. The topological polar surface area (TPSA) is 85.9 Å². The molecule has 3 heterocycles. The molecule has 36 heavy (non-hydrogen) atoms. The molecule has 186 valence electrons. The Kier molecular flexibility index (Phi) is 7.11. The SMILES string of the molecule is C=CC(=O)Nc1cc(Nc2cc(N3OCC[C@@H]3c3ccccc3)ncn2)ccc1N1CCN(C)CC1. The quantitative estimate of drug-likeness (QED) is 0.486. The Bertz CT molecular complexity index is 1210. The van der Waals surface area contributed by atoms with Gasteiger partial charge in [0.1, 0.15) is 12.1 Å². The van der Waals surface area contributed by atoms with Crippen molar-refractivity contribution in [1.82, 2.24) is 14.9 Å². The summed E-state index contributed by atoms with van der Waals surface area (Å²) in [4.78, 5) is 31.5. The predicted octanol–water partition coefficient (Wildman–Crippen LogP) is 3.98. The first-order valence-electron chi connectivity index (χ1n) is 12.2. The van der Waals surface area contributed by atoms with Crippen molar-refractivity contribution in [3.05, 3.63) is 79.1 Å². The number of benzene rings is 2. The molecule has 2 fully saturated rings. The summed E-state index contributed by atoms with van der Waals surface area (Å²) in [6.07, 6.45) is 3.70. The second kappa shape index (κ2) is 10.8. The van der Waals surface area contributed by atoms with Crippen LogP contribution in [0.2, 0.25) is 0 Å². The molecular formula is C27H31N7O2. The fourth-order valence-electron chi connectivity index (χ4n) is 4.58. The molecule has 9 heteroatoms. The average molecular weight is 486 g/mol. The highest BCUT2D eigenvalue weighted by molar-refractivity contribution is 6.01. The standard InChI is InChI=1S/C27H31N7O2/c1-3-27(35)31-22-17-21(9-10-24(22)33-14-12-32(2)13-15-33)30-25-18-26(29-19-28-25)34-23(11-16-36-34)20-7-5-4-6-8-20/h3-10,17-19,23H,1,11-16H2,2H3,(H,31,35)(H,28,29,30)/t23-/m1/s1. The van der Waals surface area contributed by atoms with E-state index in [0.29, 0.717) is 18.2 Å². The van der Waals surface area contributed by atoms with E-state index in [9.17, 15) is 4.79 Å². The summed E-state index contributed by atoms with van der Waals surface area (Å²) in [6, 6.07) is 18.2. The van der Waals surface area contributed by atoms with Crippen LogP contribution in [0.15, 0.2) is 73.6 Å². The molecule has 0 saturated carbocycles. The highest BCUT2D eigenvalue weighted by atomic mass is 16.7. The van der Waals surface area contributed by atoms with E-state index < -0.39 is 0 Å². The number of nitrogens with one attached hydrogen (secondary N) is 2. The van der Waals surface area contributed by atoms with E-state index >= 15 is 0 Å². The smallest absolute Gasteiger partial charge is 0.247 e. The van der Waals surface area contributed by atoms with Crippen LogP contribution < -0.4 is 20.6 Å². The Morgan fingerprint density at radius 2 is 1.89 bits per heavy atom. The van der Waals surface area contributed by atoms with Crippen molar-refractivity contribution >= 4 is 34.6 Å². The van der Waals surface area contributed by atoms with Crippen LogP contribution in [0.1, 0.15) is 18.0 Å². The number of nitrogens with zero attached hydrogens (tertiary/aromatic N) is 5. The summed E-state index contributed by atoms with van der Waals surface area (Å²) in [5, 5.41) is 8.17. The zero-order valence-electron chi connectivity index (χ0n) is 20.4. The van der Waals surface area contributed by atoms with Gasteiger partial charge in [-0.1, -0.05) is 36.9 Å². The van der Waals surface area contributed by atoms with Crippen molar-refractivity contribution < 1.29 is 9.63 Å². The molecule has 1 amide bonds. The van der Waals surface area contributed by atoms with E-state index in [1.54, 1.807) is 0 Å². The summed E-state index contributed by atoms with van der Waals surface area (Å²) < 4.78 is 0. The zero-order valence-corrected chi connectivity index (χ0v) is 20.4. The third-order valence-corrected chi connectivity index (χ3v) is 6.52. The molecule has 0 spiro atoms. The molecule has 2 aromatic carbocycles. The Labute approximate surface area is 211 Å². The van der Waals surface area contributed by atoms with Gasteiger partial charge in [-0.25, -0.2) is 15.0 Å². The second-order valence-corrected chi connectivity index (χ2v) is 8.98. The molecule has 1 atom stereocenters. The van der Waals surface area contributed by atoms with Crippen LogP contribution in [0.5, 0.6) is 0 Å². The van der Waals surface area contributed by atoms with Gasteiger partial charge in [-0.15, -0.1) is 0 Å². The van der Waals surface area contributed by atoms with Crippen molar-refractivity contribution in [2.24, 2.45) is 0 Å². The highest BCUT2D eigenvalue weighted by Gasteiger charge is 2.29. The van der Waals surface area contributed by atoms with Crippen molar-refractivity contribution in [2.45, 2.75) is 12.5 Å². The molecule has 5 rings (SSSR count). The Morgan fingerprint density at radius 3 is 2.67 bits per heavy atom. The van der Waals surface area contributed by atoms with Crippen LogP contribution in [0.4, 0.5) is 28.7 Å². The van der Waals surface area contributed by atoms with Gasteiger partial charge in [0, 0.05) is 44.4 Å². The monoisotopic (exact) mass is 485 g/mol. The summed E-state index contributed by atoms with van der Waals surface area (Å²) in [5.41, 5.74) is 3.71. The normalized spacial score (nSPS) is 18.2. The van der Waals surface area contributed by atoms with Gasteiger partial charge in [0.05, 0.1) is 24.0 Å². The van der Waals surface area contributed by atoms with Gasteiger partial charge < -0.3 is 20.4 Å². The largest absolute Gasteiger partial charge is 0.367 e. The van der Waals surface area contributed by atoms with Crippen LogP contribution in [-0.4, -0.2) is 60.6 Å². The van der Waals surface area contributed by atoms with E-state index in [1.807, 2.05) is 47.5 Å². The van der Waals surface area contributed by atoms with Gasteiger partial charge in [-0.2, -0.15) is 0 Å². The lowest BCUT2D eigenvalue weighted by molar-refractivity contribution is -0.111. The molecule has 0 unspecified atom stereocenters. The number of hydrogen-bond acceptors (Lipinski definition) is 8. The maximum Gasteiger partial charge on any atom is 0.247 e. The van der Waals surface area contributed by atoms with Crippen molar-refractivity contribution in [3.63, 3.8) is 0 Å². The minimum Gasteiger partial charge on any atom is -0.367 e. The van der Waals surface area contributed by atoms with Gasteiger partial charge in [-0.3, -0.25) is 9.63 Å². The third kappa shape index (κ3) is 5.32. The molecule has 3 aromatic rings. The number of piperazine rings is 1. The summed E-state index contributed by atoms with van der Waals surface area (Å²) >= 11 is 0. The van der Waals surface area contributed by atoms with Crippen LogP contribution >= 0.6 is 0 Å². The van der Waals surface area contributed by atoms with E-state index in [2.05, 4.69) is 56.2 Å². The van der Waals surface area contributed by atoms with E-state index in [4.69, 9.17) is 4.84 Å². The lowest BCUT2D eigenvalue weighted by Crippen LogP contribution is -2.44. The van der Waals surface area contributed by atoms with E-state index in [0.717, 1.165) is 49.7 Å². The summed E-state index contributed by atoms with van der Waals surface area (Å²) in [6.45, 7) is 7.96. The fourth-order valence-corrected chi connectivity index (χ4v) is 4.58. The lowest BCUT2D eigenvalue weighted by Gasteiger charge is -2.35. The van der Waals surface area contributed by atoms with Crippen LogP contribution in [0.3, 0.4) is 0 Å². The maximum absolute atomic E-state index is 12.2. The molecular weight excluding hydrogens is 454 g/mol. The van der Waals surface area contributed by atoms with Crippen LogP contribution in [0, 0.1) is 0 Å². The minimum absolute atomic E-state index is 0.0949. The van der Waals surface area contributed by atoms with Crippen LogP contribution in [-0.2, 0) is 9.63 Å². The number of amides is 1. The molecule has 0 bridgehead atoms. The van der Waals surface area contributed by atoms with Gasteiger partial charge >= 0.3 is 0 Å². The molecule has 0 radical (unpaired) electrons. The zero-order chi connectivity index (χ0) is 24.9. The first-order valence-corrected chi connectivity index (χ1v) is 12.2. The number of carbonyl (C=O) groups is 1. The van der Waals surface area contributed by atoms with Crippen molar-refractivity contribution in [1.29, 1.82) is 0 Å². The van der Waals surface area contributed by atoms with Crippen molar-refractivity contribution in [3.8, 4) is 0 Å². The number of rotatable bonds is 7. The molecule has 9 nitrogen and oxygen atoms in total. The number of hydrogen-bond donors (Lipinski definition) is 2. The number of hydroxylamine groups is 1. The molecule has 2 aliphatic rings. The molecule has 1 aromatic heterocycles. The van der Waals surface area contributed by atoms with Gasteiger partial charge in [-0.05, 0) is 36.9 Å². The Balaban J connectivity index is 1.37. The van der Waals surface area contributed by atoms with Gasteiger partial charge in [0.2, 0.25) is 5.91 Å². The molecule has 2 aliphatic heterocycles. The Morgan fingerprint density at radius 1 is 1.08 bits per heavy atom. The summed E-state index contributed by atoms with van der Waals surface area (Å²) in [5.74, 6) is 1.08. The maximum atomic E-state index is 12.2. The highest BCUT2D eigenvalue weighted by Crippen LogP contribution is 2.35. The lowest BCUT2D eigenvalue weighted by atomic mass is 10.0. The summed E-state index contributed by atoms with van der Waals surface area (Å²) in [7, 11) is 2.12. The third-order valence-electron chi connectivity index (χ3n) is 6.52. The van der Waals surface area contributed by atoms with Gasteiger partial charge in [0.25, 0.3) is 0 Å². The predicted molar refractivity (Wildman–Crippen MR) is 143 cm³/mol. The first-order chi connectivity index (χ1) is 17.6. The second-order valence-electron chi connectivity index (χ2n) is 8.98. The first kappa shape index (κ1) is 23.8. The van der Waals surface area contributed by atoms with Crippen molar-refractivity contribution in [2.75, 3.05) is 60.4 Å². The number of anilines is 5. The minimum atomic E-state index is -0.245.